The molecule has 1 aromatic carbocycles. The fraction of sp³-hybridized carbons (Fsp3) is 0.538. The minimum Gasteiger partial charge on any atom is -0.313 e. The molecule has 0 aliphatic heterocycles. The van der Waals surface area contributed by atoms with Gasteiger partial charge in [-0.1, -0.05) is 20.3 Å². The van der Waals surface area contributed by atoms with Crippen LogP contribution in [0.3, 0.4) is 0 Å². The average molecular weight is 281 g/mol. The first kappa shape index (κ1) is 15.9. The van der Waals surface area contributed by atoms with Crippen molar-refractivity contribution in [3.05, 3.63) is 34.6 Å². The SMILES string of the molecule is CCC(C)CC(NC)c1c(F)c(F)c(F)c(F)c1F. The summed E-state index contributed by atoms with van der Waals surface area (Å²) in [5.74, 6) is -9.38. The van der Waals surface area contributed by atoms with E-state index < -0.39 is 40.7 Å². The lowest BCUT2D eigenvalue weighted by Gasteiger charge is -2.21. The Bertz CT molecular complexity index is 432. The lowest BCUT2D eigenvalue weighted by Crippen LogP contribution is -2.23. The van der Waals surface area contributed by atoms with E-state index >= 15 is 0 Å². The minimum absolute atomic E-state index is 0.0902. The van der Waals surface area contributed by atoms with Crippen molar-refractivity contribution in [1.29, 1.82) is 0 Å². The fourth-order valence-corrected chi connectivity index (χ4v) is 1.88. The van der Waals surface area contributed by atoms with Gasteiger partial charge >= 0.3 is 0 Å². The average Bonchev–Trinajstić information content (AvgIpc) is 2.41. The molecule has 108 valence electrons. The van der Waals surface area contributed by atoms with Crippen LogP contribution in [-0.4, -0.2) is 7.05 Å². The Hall–Kier alpha value is -1.17. The fourth-order valence-electron chi connectivity index (χ4n) is 1.88. The number of rotatable bonds is 5. The van der Waals surface area contributed by atoms with E-state index in [-0.39, 0.29) is 12.3 Å². The van der Waals surface area contributed by atoms with Crippen LogP contribution in [0.15, 0.2) is 0 Å². The van der Waals surface area contributed by atoms with Gasteiger partial charge in [-0.25, -0.2) is 22.0 Å². The highest BCUT2D eigenvalue weighted by Crippen LogP contribution is 2.31. The third-order valence-corrected chi connectivity index (χ3v) is 3.28. The molecule has 0 aliphatic carbocycles. The second-order valence-corrected chi connectivity index (χ2v) is 4.57. The summed E-state index contributed by atoms with van der Waals surface area (Å²) in [6.07, 6.45) is 1.03. The van der Waals surface area contributed by atoms with Crippen LogP contribution in [0.2, 0.25) is 0 Å². The molecule has 0 bridgehead atoms. The van der Waals surface area contributed by atoms with E-state index in [1.165, 1.54) is 7.05 Å². The Morgan fingerprint density at radius 1 is 0.895 bits per heavy atom. The van der Waals surface area contributed by atoms with Gasteiger partial charge in [-0.05, 0) is 19.4 Å². The number of nitrogens with one attached hydrogen (secondary N) is 1. The summed E-state index contributed by atoms with van der Waals surface area (Å²) in [4.78, 5) is 0. The van der Waals surface area contributed by atoms with Gasteiger partial charge in [0.05, 0.1) is 0 Å². The van der Waals surface area contributed by atoms with Crippen LogP contribution >= 0.6 is 0 Å². The third-order valence-electron chi connectivity index (χ3n) is 3.28. The van der Waals surface area contributed by atoms with Crippen LogP contribution in [0.4, 0.5) is 22.0 Å². The molecule has 1 nitrogen and oxygen atoms in total. The summed E-state index contributed by atoms with van der Waals surface area (Å²) in [7, 11) is 1.42. The van der Waals surface area contributed by atoms with Gasteiger partial charge in [0, 0.05) is 11.6 Å². The van der Waals surface area contributed by atoms with Gasteiger partial charge in [-0.2, -0.15) is 0 Å². The first-order valence-corrected chi connectivity index (χ1v) is 6.03. The van der Waals surface area contributed by atoms with E-state index in [4.69, 9.17) is 0 Å². The van der Waals surface area contributed by atoms with E-state index in [1.807, 2.05) is 13.8 Å². The van der Waals surface area contributed by atoms with E-state index in [0.717, 1.165) is 6.42 Å². The molecule has 0 saturated carbocycles. The summed E-state index contributed by atoms with van der Waals surface area (Å²) < 4.78 is 66.5. The lowest BCUT2D eigenvalue weighted by atomic mass is 9.93. The lowest BCUT2D eigenvalue weighted by molar-refractivity contribution is 0.342. The van der Waals surface area contributed by atoms with E-state index in [1.54, 1.807) is 0 Å². The summed E-state index contributed by atoms with van der Waals surface area (Å²) >= 11 is 0. The van der Waals surface area contributed by atoms with Crippen LogP contribution in [0, 0.1) is 35.0 Å². The normalized spacial score (nSPS) is 14.5. The Balaban J connectivity index is 3.32. The molecule has 6 heteroatoms. The van der Waals surface area contributed by atoms with Gasteiger partial charge < -0.3 is 5.32 Å². The maximum Gasteiger partial charge on any atom is 0.200 e. The molecule has 2 unspecified atom stereocenters. The van der Waals surface area contributed by atoms with Gasteiger partial charge in [0.15, 0.2) is 23.3 Å². The summed E-state index contributed by atoms with van der Waals surface area (Å²) in [6.45, 7) is 3.73. The zero-order valence-corrected chi connectivity index (χ0v) is 11.0. The smallest absolute Gasteiger partial charge is 0.200 e. The highest BCUT2D eigenvalue weighted by molar-refractivity contribution is 5.27. The molecule has 0 aromatic heterocycles. The highest BCUT2D eigenvalue weighted by Gasteiger charge is 2.30. The zero-order chi connectivity index (χ0) is 14.7. The van der Waals surface area contributed by atoms with Crippen molar-refractivity contribution in [2.45, 2.75) is 32.7 Å². The van der Waals surface area contributed by atoms with Gasteiger partial charge in [0.1, 0.15) is 0 Å². The van der Waals surface area contributed by atoms with Crippen LogP contribution in [-0.2, 0) is 0 Å². The number of hydrogen-bond acceptors (Lipinski definition) is 1. The quantitative estimate of drug-likeness (QED) is 0.487. The molecule has 0 aliphatic rings. The van der Waals surface area contributed by atoms with Crippen LogP contribution in [0.25, 0.3) is 0 Å². The van der Waals surface area contributed by atoms with Crippen molar-refractivity contribution in [2.75, 3.05) is 7.05 Å². The van der Waals surface area contributed by atoms with Gasteiger partial charge in [-0.15, -0.1) is 0 Å². The Morgan fingerprint density at radius 2 is 1.32 bits per heavy atom. The molecular formula is C13H16F5N. The molecule has 1 rings (SSSR count). The largest absolute Gasteiger partial charge is 0.313 e. The third kappa shape index (κ3) is 3.05. The predicted molar refractivity (Wildman–Crippen MR) is 62.1 cm³/mol. The molecule has 0 saturated heterocycles. The standard InChI is InChI=1S/C13H16F5N/c1-4-6(2)5-7(19-3)8-9(14)11(16)13(18)12(17)10(8)15/h6-7,19H,4-5H2,1-3H3. The second kappa shape index (κ2) is 6.32. The number of hydrogen-bond donors (Lipinski definition) is 1. The van der Waals surface area contributed by atoms with E-state index in [0.29, 0.717) is 0 Å². The number of benzene rings is 1. The van der Waals surface area contributed by atoms with Crippen molar-refractivity contribution < 1.29 is 22.0 Å². The minimum atomic E-state index is -2.13. The molecule has 2 atom stereocenters. The molecule has 1 aromatic rings. The molecule has 1 N–H and O–H groups in total. The Labute approximate surface area is 108 Å². The zero-order valence-electron chi connectivity index (χ0n) is 11.0. The first-order valence-electron chi connectivity index (χ1n) is 6.03. The van der Waals surface area contributed by atoms with E-state index in [9.17, 15) is 22.0 Å². The summed E-state index contributed by atoms with van der Waals surface area (Å²) in [5, 5.41) is 2.60. The predicted octanol–water partition coefficient (Wildman–Crippen LogP) is 4.08. The van der Waals surface area contributed by atoms with Crippen molar-refractivity contribution in [3.8, 4) is 0 Å². The maximum absolute atomic E-state index is 13.6. The first-order chi connectivity index (χ1) is 8.84. The monoisotopic (exact) mass is 281 g/mol. The second-order valence-electron chi connectivity index (χ2n) is 4.57. The molecule has 0 fully saturated rings. The molecular weight excluding hydrogens is 265 g/mol. The molecule has 0 amide bonds. The van der Waals surface area contributed by atoms with E-state index in [2.05, 4.69) is 5.32 Å². The van der Waals surface area contributed by atoms with Gasteiger partial charge in [0.2, 0.25) is 5.82 Å². The van der Waals surface area contributed by atoms with Crippen LogP contribution in [0.5, 0.6) is 0 Å². The molecule has 0 spiro atoms. The van der Waals surface area contributed by atoms with Crippen LogP contribution in [0.1, 0.15) is 38.3 Å². The summed E-state index contributed by atoms with van der Waals surface area (Å²) in [5.41, 5.74) is -0.792. The summed E-state index contributed by atoms with van der Waals surface area (Å²) in [6, 6.07) is -0.917. The highest BCUT2D eigenvalue weighted by atomic mass is 19.2. The van der Waals surface area contributed by atoms with Crippen molar-refractivity contribution in [1.82, 2.24) is 5.32 Å². The Kier molecular flexibility index (Phi) is 5.29. The Morgan fingerprint density at radius 3 is 1.68 bits per heavy atom. The van der Waals surface area contributed by atoms with Gasteiger partial charge in [0.25, 0.3) is 0 Å². The van der Waals surface area contributed by atoms with Crippen LogP contribution < -0.4 is 5.32 Å². The van der Waals surface area contributed by atoms with Crippen molar-refractivity contribution in [3.63, 3.8) is 0 Å². The van der Waals surface area contributed by atoms with Crippen molar-refractivity contribution in [2.24, 2.45) is 5.92 Å². The number of halogens is 5. The molecule has 19 heavy (non-hydrogen) atoms. The topological polar surface area (TPSA) is 12.0 Å². The van der Waals surface area contributed by atoms with Crippen molar-refractivity contribution >= 4 is 0 Å². The van der Waals surface area contributed by atoms with Gasteiger partial charge in [-0.3, -0.25) is 0 Å². The molecule has 0 radical (unpaired) electrons. The maximum atomic E-state index is 13.6. The molecule has 0 heterocycles.